The fourth-order valence-corrected chi connectivity index (χ4v) is 2.10. The largest absolute Gasteiger partial charge is 0.481 e. The fourth-order valence-electron chi connectivity index (χ4n) is 1.05. The predicted octanol–water partition coefficient (Wildman–Crippen LogP) is 2.76. The third-order valence-electron chi connectivity index (χ3n) is 1.82. The Morgan fingerprint density at radius 3 is 2.38 bits per heavy atom. The van der Waals surface area contributed by atoms with Crippen LogP contribution in [0, 0.1) is 0 Å². The van der Waals surface area contributed by atoms with Crippen LogP contribution in [-0.4, -0.2) is 20.1 Å². The number of carbonyl (C=O) groups is 2. The molecule has 16 heavy (non-hydrogen) atoms. The van der Waals surface area contributed by atoms with Crippen LogP contribution >= 0.6 is 34.4 Å². The number of halogens is 1. The zero-order chi connectivity index (χ0) is 12.1. The van der Waals surface area contributed by atoms with E-state index in [1.807, 2.05) is 6.92 Å². The quantitative estimate of drug-likeness (QED) is 0.516. The number of aliphatic carboxylic acids is 1. The summed E-state index contributed by atoms with van der Waals surface area (Å²) in [6.07, 6.45) is 0.0155. The number of benzene rings is 1. The van der Waals surface area contributed by atoms with E-state index in [4.69, 9.17) is 5.11 Å². The molecule has 0 saturated carbocycles. The Morgan fingerprint density at radius 2 is 1.94 bits per heavy atom. The summed E-state index contributed by atoms with van der Waals surface area (Å²) in [4.78, 5) is 22.7. The lowest BCUT2D eigenvalue weighted by Gasteiger charge is -2.03. The van der Waals surface area contributed by atoms with E-state index in [0.29, 0.717) is 0 Å². The molecule has 1 aromatic rings. The molecule has 0 fully saturated rings. The zero-order valence-corrected chi connectivity index (χ0v) is 11.6. The SMILES string of the molecule is CC(I)C(=O)Sc1ccc(CC(=O)O)cc1. The molecule has 0 bridgehead atoms. The van der Waals surface area contributed by atoms with Gasteiger partial charge in [-0.25, -0.2) is 0 Å². The average molecular weight is 350 g/mol. The predicted molar refractivity (Wildman–Crippen MR) is 72.1 cm³/mol. The van der Waals surface area contributed by atoms with Gasteiger partial charge in [0.15, 0.2) is 0 Å². The molecule has 1 unspecified atom stereocenters. The van der Waals surface area contributed by atoms with Gasteiger partial charge in [-0.3, -0.25) is 9.59 Å². The summed E-state index contributed by atoms with van der Waals surface area (Å²) in [5.41, 5.74) is 0.742. The lowest BCUT2D eigenvalue weighted by molar-refractivity contribution is -0.136. The maximum Gasteiger partial charge on any atom is 0.307 e. The van der Waals surface area contributed by atoms with E-state index in [9.17, 15) is 9.59 Å². The highest BCUT2D eigenvalue weighted by atomic mass is 127. The summed E-state index contributed by atoms with van der Waals surface area (Å²) < 4.78 is -0.0266. The van der Waals surface area contributed by atoms with Crippen molar-refractivity contribution in [2.45, 2.75) is 22.2 Å². The highest BCUT2D eigenvalue weighted by molar-refractivity contribution is 14.1. The van der Waals surface area contributed by atoms with Gasteiger partial charge in [0.2, 0.25) is 5.12 Å². The van der Waals surface area contributed by atoms with Crippen LogP contribution in [0.1, 0.15) is 12.5 Å². The maximum atomic E-state index is 11.4. The number of carboxylic acids is 1. The topological polar surface area (TPSA) is 54.4 Å². The summed E-state index contributed by atoms with van der Waals surface area (Å²) in [6.45, 7) is 1.84. The molecule has 0 aromatic heterocycles. The van der Waals surface area contributed by atoms with E-state index >= 15 is 0 Å². The number of rotatable bonds is 4. The lowest BCUT2D eigenvalue weighted by atomic mass is 10.2. The number of carbonyl (C=O) groups excluding carboxylic acids is 1. The Morgan fingerprint density at radius 1 is 1.38 bits per heavy atom. The highest BCUT2D eigenvalue weighted by Crippen LogP contribution is 2.23. The summed E-state index contributed by atoms with van der Waals surface area (Å²) >= 11 is 3.26. The minimum atomic E-state index is -0.850. The highest BCUT2D eigenvalue weighted by Gasteiger charge is 2.10. The van der Waals surface area contributed by atoms with Crippen molar-refractivity contribution in [2.75, 3.05) is 0 Å². The number of hydrogen-bond donors (Lipinski definition) is 1. The van der Waals surface area contributed by atoms with Gasteiger partial charge in [0.1, 0.15) is 0 Å². The van der Waals surface area contributed by atoms with Crippen LogP contribution in [0.25, 0.3) is 0 Å². The van der Waals surface area contributed by atoms with E-state index in [1.165, 1.54) is 11.8 Å². The van der Waals surface area contributed by atoms with Crippen molar-refractivity contribution >= 4 is 45.4 Å². The molecule has 1 rings (SSSR count). The van der Waals surface area contributed by atoms with Gasteiger partial charge in [-0.1, -0.05) is 46.5 Å². The molecule has 1 aromatic carbocycles. The van der Waals surface area contributed by atoms with Crippen molar-refractivity contribution in [3.63, 3.8) is 0 Å². The first-order valence-electron chi connectivity index (χ1n) is 4.65. The van der Waals surface area contributed by atoms with Gasteiger partial charge in [-0.05, 0) is 24.6 Å². The molecular weight excluding hydrogens is 339 g/mol. The monoisotopic (exact) mass is 350 g/mol. The van der Waals surface area contributed by atoms with Crippen molar-refractivity contribution in [1.82, 2.24) is 0 Å². The van der Waals surface area contributed by atoms with Crippen LogP contribution in [0.5, 0.6) is 0 Å². The smallest absolute Gasteiger partial charge is 0.307 e. The van der Waals surface area contributed by atoms with Gasteiger partial charge >= 0.3 is 5.97 Å². The molecule has 1 N–H and O–H groups in total. The van der Waals surface area contributed by atoms with E-state index in [1.54, 1.807) is 24.3 Å². The molecule has 86 valence electrons. The van der Waals surface area contributed by atoms with Gasteiger partial charge in [-0.2, -0.15) is 0 Å². The minimum Gasteiger partial charge on any atom is -0.481 e. The second-order valence-electron chi connectivity index (χ2n) is 3.25. The number of alkyl halides is 1. The van der Waals surface area contributed by atoms with Gasteiger partial charge in [0.25, 0.3) is 0 Å². The zero-order valence-electron chi connectivity index (χ0n) is 8.64. The second kappa shape index (κ2) is 6.24. The second-order valence-corrected chi connectivity index (χ2v) is 6.20. The first kappa shape index (κ1) is 13.5. The number of thioether (sulfide) groups is 1. The van der Waals surface area contributed by atoms with Crippen LogP contribution in [0.2, 0.25) is 0 Å². The van der Waals surface area contributed by atoms with Crippen molar-refractivity contribution in [2.24, 2.45) is 0 Å². The standard InChI is InChI=1S/C11H11IO3S/c1-7(12)11(15)16-9-4-2-8(3-5-9)6-10(13)14/h2-5,7H,6H2,1H3,(H,13,14). The summed E-state index contributed by atoms with van der Waals surface area (Å²) in [6, 6.07) is 7.03. The minimum absolute atomic E-state index is 0.0155. The molecule has 0 saturated heterocycles. The van der Waals surface area contributed by atoms with Crippen LogP contribution in [0.15, 0.2) is 29.2 Å². The molecule has 5 heteroatoms. The maximum absolute atomic E-state index is 11.4. The fraction of sp³-hybridized carbons (Fsp3) is 0.273. The van der Waals surface area contributed by atoms with Crippen LogP contribution in [-0.2, 0) is 16.0 Å². The summed E-state index contributed by atoms with van der Waals surface area (Å²) in [5.74, 6) is -0.850. The van der Waals surface area contributed by atoms with Crippen molar-refractivity contribution < 1.29 is 14.7 Å². The third-order valence-corrected chi connectivity index (χ3v) is 3.87. The molecule has 0 amide bonds. The Hall–Kier alpha value is -0.560. The Kier molecular flexibility index (Phi) is 5.27. The third kappa shape index (κ3) is 4.52. The number of carboxylic acid groups (broad SMARTS) is 1. The molecule has 1 atom stereocenters. The van der Waals surface area contributed by atoms with E-state index in [-0.39, 0.29) is 15.5 Å². The molecule has 0 aliphatic carbocycles. The van der Waals surface area contributed by atoms with Crippen LogP contribution < -0.4 is 0 Å². The first-order chi connectivity index (χ1) is 7.49. The van der Waals surface area contributed by atoms with Gasteiger partial charge in [0, 0.05) is 4.90 Å². The molecule has 0 radical (unpaired) electrons. The van der Waals surface area contributed by atoms with Gasteiger partial charge in [0.05, 0.1) is 10.3 Å². The molecule has 0 aliphatic heterocycles. The van der Waals surface area contributed by atoms with Crippen LogP contribution in [0.3, 0.4) is 0 Å². The summed E-state index contributed by atoms with van der Waals surface area (Å²) in [5, 5.41) is 8.70. The first-order valence-corrected chi connectivity index (χ1v) is 6.71. The van der Waals surface area contributed by atoms with E-state index < -0.39 is 5.97 Å². The average Bonchev–Trinajstić information content (AvgIpc) is 2.20. The van der Waals surface area contributed by atoms with Gasteiger partial charge < -0.3 is 5.11 Å². The lowest BCUT2D eigenvalue weighted by Crippen LogP contribution is -2.03. The van der Waals surface area contributed by atoms with Crippen molar-refractivity contribution in [3.8, 4) is 0 Å². The van der Waals surface area contributed by atoms with Crippen molar-refractivity contribution in [3.05, 3.63) is 29.8 Å². The normalized spacial score (nSPS) is 12.1. The molecule has 0 spiro atoms. The Labute approximate surface area is 112 Å². The van der Waals surface area contributed by atoms with Gasteiger partial charge in [-0.15, -0.1) is 0 Å². The van der Waals surface area contributed by atoms with E-state index in [2.05, 4.69) is 22.6 Å². The summed E-state index contributed by atoms with van der Waals surface area (Å²) in [7, 11) is 0. The molecular formula is C11H11IO3S. The molecule has 0 heterocycles. The molecule has 3 nitrogen and oxygen atoms in total. The Balaban J connectivity index is 2.64. The number of hydrogen-bond acceptors (Lipinski definition) is 3. The van der Waals surface area contributed by atoms with E-state index in [0.717, 1.165) is 10.5 Å². The Bertz CT molecular complexity index is 387. The molecule has 0 aliphatic rings. The van der Waals surface area contributed by atoms with Crippen LogP contribution in [0.4, 0.5) is 0 Å². The van der Waals surface area contributed by atoms with Crippen molar-refractivity contribution in [1.29, 1.82) is 0 Å².